The Morgan fingerprint density at radius 1 is 1.16 bits per heavy atom. The number of nitrogens with zero attached hydrogens (tertiary/aromatic N) is 1. The number of carbonyl (C=O) groups excluding carboxylic acids is 1. The quantitative estimate of drug-likeness (QED) is 0.851. The van der Waals surface area contributed by atoms with Gasteiger partial charge in [0.25, 0.3) is 0 Å². The maximum atomic E-state index is 12.5. The highest BCUT2D eigenvalue weighted by Gasteiger charge is 2.19. The van der Waals surface area contributed by atoms with Gasteiger partial charge in [0.1, 0.15) is 0 Å². The van der Waals surface area contributed by atoms with Crippen LogP contribution in [0.15, 0.2) is 36.4 Å². The van der Waals surface area contributed by atoms with Crippen molar-refractivity contribution >= 4 is 5.78 Å². The zero-order valence-corrected chi connectivity index (χ0v) is 10.8. The highest BCUT2D eigenvalue weighted by Crippen LogP contribution is 2.21. The Hall–Kier alpha value is -1.87. The normalized spacial score (nSPS) is 13.5. The summed E-state index contributed by atoms with van der Waals surface area (Å²) in [5.41, 5.74) is 3.83. The van der Waals surface area contributed by atoms with E-state index in [1.54, 1.807) is 0 Å². The fourth-order valence-electron chi connectivity index (χ4n) is 2.71. The molecule has 2 heterocycles. The fourth-order valence-corrected chi connectivity index (χ4v) is 2.71. The number of aliphatic hydroxyl groups excluding tert-OH is 1. The minimum Gasteiger partial charge on any atom is -0.396 e. The van der Waals surface area contributed by atoms with E-state index in [0.29, 0.717) is 6.42 Å². The van der Waals surface area contributed by atoms with E-state index in [1.165, 1.54) is 5.69 Å². The van der Waals surface area contributed by atoms with Gasteiger partial charge in [-0.05, 0) is 37.0 Å². The van der Waals surface area contributed by atoms with Gasteiger partial charge in [-0.25, -0.2) is 0 Å². The Balaban J connectivity index is 1.87. The summed E-state index contributed by atoms with van der Waals surface area (Å²) in [7, 11) is 0. The number of benzene rings is 1. The van der Waals surface area contributed by atoms with E-state index in [0.717, 1.165) is 36.2 Å². The molecule has 19 heavy (non-hydrogen) atoms. The summed E-state index contributed by atoms with van der Waals surface area (Å²) < 4.78 is 2.13. The number of fused-ring (bicyclic) bond motifs is 1. The number of aromatic nitrogens is 1. The molecule has 0 fully saturated rings. The Labute approximate surface area is 112 Å². The minimum absolute atomic E-state index is 0.0868. The zero-order chi connectivity index (χ0) is 13.2. The Morgan fingerprint density at radius 3 is 2.68 bits per heavy atom. The van der Waals surface area contributed by atoms with Crippen molar-refractivity contribution in [2.24, 2.45) is 0 Å². The molecule has 1 aromatic carbocycles. The topological polar surface area (TPSA) is 42.2 Å². The number of rotatable bonds is 4. The van der Waals surface area contributed by atoms with Crippen molar-refractivity contribution in [3.05, 3.63) is 58.9 Å². The van der Waals surface area contributed by atoms with Gasteiger partial charge in [0.2, 0.25) is 5.78 Å². The summed E-state index contributed by atoms with van der Waals surface area (Å²) in [4.78, 5) is 12.5. The van der Waals surface area contributed by atoms with Crippen LogP contribution >= 0.6 is 0 Å². The number of aryl methyl sites for hydroxylation is 1. The van der Waals surface area contributed by atoms with Crippen LogP contribution in [-0.4, -0.2) is 22.1 Å². The molecule has 98 valence electrons. The van der Waals surface area contributed by atoms with Gasteiger partial charge in [-0.1, -0.05) is 24.3 Å². The fraction of sp³-hybridized carbons (Fsp3) is 0.312. The van der Waals surface area contributed by atoms with Gasteiger partial charge >= 0.3 is 0 Å². The second kappa shape index (κ2) is 5.02. The van der Waals surface area contributed by atoms with Crippen molar-refractivity contribution in [1.29, 1.82) is 0 Å². The summed E-state index contributed by atoms with van der Waals surface area (Å²) in [6.07, 6.45) is 2.84. The first kappa shape index (κ1) is 12.2. The van der Waals surface area contributed by atoms with E-state index >= 15 is 0 Å². The van der Waals surface area contributed by atoms with Gasteiger partial charge in [0, 0.05) is 24.4 Å². The van der Waals surface area contributed by atoms with Crippen LogP contribution in [0, 0.1) is 0 Å². The van der Waals surface area contributed by atoms with E-state index in [-0.39, 0.29) is 12.4 Å². The summed E-state index contributed by atoms with van der Waals surface area (Å²) in [6.45, 7) is 1.09. The van der Waals surface area contributed by atoms with E-state index < -0.39 is 0 Å². The molecule has 1 aliphatic heterocycles. The van der Waals surface area contributed by atoms with Crippen LogP contribution < -0.4 is 0 Å². The molecule has 0 bridgehead atoms. The SMILES string of the molecule is O=C(c1ccc(CCO)cc1)c1ccc2n1CCC2. The van der Waals surface area contributed by atoms with Gasteiger partial charge in [0.05, 0.1) is 5.69 Å². The van der Waals surface area contributed by atoms with Crippen molar-refractivity contribution in [3.63, 3.8) is 0 Å². The third kappa shape index (κ3) is 2.22. The van der Waals surface area contributed by atoms with Crippen LogP contribution in [-0.2, 0) is 19.4 Å². The van der Waals surface area contributed by atoms with Gasteiger partial charge < -0.3 is 9.67 Å². The van der Waals surface area contributed by atoms with Crippen molar-refractivity contribution in [2.45, 2.75) is 25.8 Å². The van der Waals surface area contributed by atoms with Crippen LogP contribution in [0.5, 0.6) is 0 Å². The number of hydrogen-bond acceptors (Lipinski definition) is 2. The average Bonchev–Trinajstić information content (AvgIpc) is 3.01. The maximum Gasteiger partial charge on any atom is 0.209 e. The molecule has 2 aromatic rings. The molecule has 1 aromatic heterocycles. The number of aliphatic hydroxyl groups is 1. The van der Waals surface area contributed by atoms with Crippen LogP contribution in [0.25, 0.3) is 0 Å². The molecule has 0 aliphatic carbocycles. The molecule has 0 spiro atoms. The molecule has 0 amide bonds. The molecule has 0 unspecified atom stereocenters. The lowest BCUT2D eigenvalue weighted by Gasteiger charge is -2.06. The van der Waals surface area contributed by atoms with E-state index in [9.17, 15) is 4.79 Å². The second-order valence-electron chi connectivity index (χ2n) is 4.96. The molecule has 0 saturated heterocycles. The smallest absolute Gasteiger partial charge is 0.209 e. The van der Waals surface area contributed by atoms with Gasteiger partial charge in [-0.3, -0.25) is 4.79 Å². The van der Waals surface area contributed by atoms with E-state index in [4.69, 9.17) is 5.11 Å². The maximum absolute atomic E-state index is 12.5. The first-order chi connectivity index (χ1) is 9.29. The Kier molecular flexibility index (Phi) is 3.22. The minimum atomic E-state index is 0.0868. The van der Waals surface area contributed by atoms with Crippen LogP contribution in [0.1, 0.15) is 33.7 Å². The third-order valence-electron chi connectivity index (χ3n) is 3.73. The molecule has 0 atom stereocenters. The summed E-state index contributed by atoms with van der Waals surface area (Å²) in [5, 5.41) is 8.88. The van der Waals surface area contributed by atoms with E-state index in [1.807, 2.05) is 30.3 Å². The van der Waals surface area contributed by atoms with Crippen molar-refractivity contribution < 1.29 is 9.90 Å². The van der Waals surface area contributed by atoms with Crippen LogP contribution in [0.3, 0.4) is 0 Å². The van der Waals surface area contributed by atoms with Crippen molar-refractivity contribution in [2.75, 3.05) is 6.61 Å². The highest BCUT2D eigenvalue weighted by molar-refractivity contribution is 6.08. The van der Waals surface area contributed by atoms with Crippen molar-refractivity contribution in [3.8, 4) is 0 Å². The monoisotopic (exact) mass is 255 g/mol. The van der Waals surface area contributed by atoms with Crippen LogP contribution in [0.2, 0.25) is 0 Å². The Morgan fingerprint density at radius 2 is 1.95 bits per heavy atom. The predicted octanol–water partition coefficient (Wildman–Crippen LogP) is 2.20. The number of hydrogen-bond donors (Lipinski definition) is 1. The molecular weight excluding hydrogens is 238 g/mol. The molecule has 1 N–H and O–H groups in total. The lowest BCUT2D eigenvalue weighted by atomic mass is 10.0. The lowest BCUT2D eigenvalue weighted by molar-refractivity contribution is 0.103. The Bertz CT molecular complexity index is 596. The average molecular weight is 255 g/mol. The molecule has 0 radical (unpaired) electrons. The first-order valence-electron chi connectivity index (χ1n) is 6.72. The summed E-state index contributed by atoms with van der Waals surface area (Å²) in [6, 6.07) is 11.5. The number of ketones is 1. The van der Waals surface area contributed by atoms with Gasteiger partial charge in [-0.2, -0.15) is 0 Å². The lowest BCUT2D eigenvalue weighted by Crippen LogP contribution is -2.09. The predicted molar refractivity (Wildman–Crippen MR) is 73.4 cm³/mol. The van der Waals surface area contributed by atoms with Crippen molar-refractivity contribution in [1.82, 2.24) is 4.57 Å². The summed E-state index contributed by atoms with van der Waals surface area (Å²) in [5.74, 6) is 0.0868. The molecular formula is C16H17NO2. The highest BCUT2D eigenvalue weighted by atomic mass is 16.2. The molecule has 1 aliphatic rings. The number of carbonyl (C=O) groups is 1. The first-order valence-corrected chi connectivity index (χ1v) is 6.72. The zero-order valence-electron chi connectivity index (χ0n) is 10.8. The summed E-state index contributed by atoms with van der Waals surface area (Å²) >= 11 is 0. The van der Waals surface area contributed by atoms with Crippen LogP contribution in [0.4, 0.5) is 0 Å². The van der Waals surface area contributed by atoms with Gasteiger partial charge in [-0.15, -0.1) is 0 Å². The van der Waals surface area contributed by atoms with Gasteiger partial charge in [0.15, 0.2) is 0 Å². The standard InChI is InChI=1S/C16H17NO2/c18-11-9-12-3-5-13(6-4-12)16(19)15-8-7-14-2-1-10-17(14)15/h3-8,18H,1-2,9-11H2. The molecule has 3 rings (SSSR count). The van der Waals surface area contributed by atoms with E-state index in [2.05, 4.69) is 10.6 Å². The third-order valence-corrected chi connectivity index (χ3v) is 3.73. The molecule has 3 nitrogen and oxygen atoms in total. The molecule has 0 saturated carbocycles. The second-order valence-corrected chi connectivity index (χ2v) is 4.96. The largest absolute Gasteiger partial charge is 0.396 e. The molecule has 3 heteroatoms.